The first-order valence-electron chi connectivity index (χ1n) is 7.02. The van der Waals surface area contributed by atoms with E-state index in [0.717, 1.165) is 4.57 Å². The predicted octanol–water partition coefficient (Wildman–Crippen LogP) is 1.97. The third-order valence-electron chi connectivity index (χ3n) is 3.57. The molecule has 0 atom stereocenters. The van der Waals surface area contributed by atoms with Crippen LogP contribution in [-0.2, 0) is 22.5 Å². The van der Waals surface area contributed by atoms with Gasteiger partial charge in [0.05, 0.1) is 12.0 Å². The van der Waals surface area contributed by atoms with E-state index in [0.29, 0.717) is 11.3 Å². The maximum absolute atomic E-state index is 13.0. The molecule has 0 aliphatic carbocycles. The van der Waals surface area contributed by atoms with Gasteiger partial charge in [-0.05, 0) is 30.7 Å². The molecule has 0 aliphatic rings. The van der Waals surface area contributed by atoms with Crippen LogP contribution in [-0.4, -0.2) is 22.6 Å². The molecule has 2 aromatic rings. The summed E-state index contributed by atoms with van der Waals surface area (Å²) in [6.07, 6.45) is 0.103. The maximum Gasteiger partial charge on any atom is 0.337 e. The molecule has 0 spiro atoms. The highest BCUT2D eigenvalue weighted by Gasteiger charge is 2.24. The highest BCUT2D eigenvalue weighted by Crippen LogP contribution is 2.20. The van der Waals surface area contributed by atoms with Gasteiger partial charge in [-0.2, -0.15) is 0 Å². The number of aryl methyl sites for hydroxylation is 1. The smallest absolute Gasteiger partial charge is 0.337 e. The number of benzene rings is 1. The summed E-state index contributed by atoms with van der Waals surface area (Å²) in [5, 5.41) is 11.3. The van der Waals surface area contributed by atoms with Crippen LogP contribution in [0.5, 0.6) is 0 Å². The fourth-order valence-corrected chi connectivity index (χ4v) is 2.37. The molecule has 2 rings (SSSR count). The summed E-state index contributed by atoms with van der Waals surface area (Å²) >= 11 is 0. The summed E-state index contributed by atoms with van der Waals surface area (Å²) in [5.74, 6) is -1.10. The van der Waals surface area contributed by atoms with Crippen molar-refractivity contribution >= 4 is 11.7 Å². The molecule has 0 unspecified atom stereocenters. The fraction of sp³-hybridized carbons (Fsp3) is 0.250. The van der Waals surface area contributed by atoms with Crippen molar-refractivity contribution in [2.75, 3.05) is 7.11 Å². The summed E-state index contributed by atoms with van der Waals surface area (Å²) in [6, 6.07) is 6.95. The van der Waals surface area contributed by atoms with E-state index in [2.05, 4.69) is 4.74 Å². The van der Waals surface area contributed by atoms with E-state index in [1.165, 1.54) is 37.4 Å². The maximum atomic E-state index is 13.0. The Hall–Kier alpha value is -3.03. The molecule has 0 N–H and O–H groups in total. The average molecular weight is 334 g/mol. The Bertz CT molecular complexity index is 843. The van der Waals surface area contributed by atoms with Crippen molar-refractivity contribution in [3.8, 4) is 0 Å². The molecule has 1 aromatic carbocycles. The normalized spacial score (nSPS) is 10.5. The van der Waals surface area contributed by atoms with Crippen molar-refractivity contribution in [1.29, 1.82) is 0 Å². The number of halogens is 1. The second-order valence-electron chi connectivity index (χ2n) is 5.19. The molecular formula is C16H15FN2O5. The van der Waals surface area contributed by atoms with Gasteiger partial charge in [0.15, 0.2) is 0 Å². The van der Waals surface area contributed by atoms with Crippen LogP contribution < -0.4 is 5.56 Å². The molecule has 1 aromatic heterocycles. The molecule has 0 saturated carbocycles. The average Bonchev–Trinajstić information content (AvgIpc) is 2.52. The monoisotopic (exact) mass is 334 g/mol. The number of nitro groups is 1. The molecule has 0 amide bonds. The van der Waals surface area contributed by atoms with E-state index in [4.69, 9.17) is 0 Å². The molecule has 0 fully saturated rings. The molecule has 1 heterocycles. The number of esters is 1. The number of ether oxygens (including phenoxy) is 1. The van der Waals surface area contributed by atoms with Crippen LogP contribution in [0.4, 0.5) is 10.1 Å². The van der Waals surface area contributed by atoms with Gasteiger partial charge >= 0.3 is 17.2 Å². The molecule has 8 heteroatoms. The van der Waals surface area contributed by atoms with Crippen LogP contribution in [0.3, 0.4) is 0 Å². The first-order chi connectivity index (χ1) is 11.3. The number of carbonyl (C=O) groups is 1. The van der Waals surface area contributed by atoms with Gasteiger partial charge in [0.25, 0.3) is 0 Å². The van der Waals surface area contributed by atoms with E-state index >= 15 is 0 Å². The molecular weight excluding hydrogens is 319 g/mol. The lowest BCUT2D eigenvalue weighted by Gasteiger charge is -2.11. The standard InChI is InChI=1S/C16H15FN2O5/c1-10-7-12(8-11-3-5-13(17)6-4-11)15(19(22)23)16(21)18(10)9-14(20)24-2/h3-7H,8-9H2,1-2H3. The van der Waals surface area contributed by atoms with Gasteiger partial charge in [-0.15, -0.1) is 0 Å². The van der Waals surface area contributed by atoms with Crippen molar-refractivity contribution in [2.24, 2.45) is 0 Å². The van der Waals surface area contributed by atoms with Crippen LogP contribution in [0.25, 0.3) is 0 Å². The molecule has 0 aliphatic heterocycles. The first-order valence-corrected chi connectivity index (χ1v) is 7.02. The van der Waals surface area contributed by atoms with Crippen LogP contribution in [0, 0.1) is 22.9 Å². The Morgan fingerprint density at radius 2 is 1.96 bits per heavy atom. The second kappa shape index (κ2) is 7.03. The summed E-state index contributed by atoms with van der Waals surface area (Å²) in [5.41, 5.74) is -0.247. The van der Waals surface area contributed by atoms with E-state index in [1.807, 2.05) is 0 Å². The third-order valence-corrected chi connectivity index (χ3v) is 3.57. The number of nitrogens with zero attached hydrogens (tertiary/aromatic N) is 2. The van der Waals surface area contributed by atoms with Gasteiger partial charge in [0, 0.05) is 17.7 Å². The first kappa shape index (κ1) is 17.3. The number of hydrogen-bond acceptors (Lipinski definition) is 5. The number of carbonyl (C=O) groups excluding carboxylic acids is 1. The topological polar surface area (TPSA) is 91.4 Å². The quantitative estimate of drug-likeness (QED) is 0.473. The number of methoxy groups -OCH3 is 1. The van der Waals surface area contributed by atoms with Crippen LogP contribution in [0.1, 0.15) is 16.8 Å². The van der Waals surface area contributed by atoms with Crippen molar-refractivity contribution in [3.63, 3.8) is 0 Å². The van der Waals surface area contributed by atoms with Gasteiger partial charge in [0.2, 0.25) is 0 Å². The zero-order valence-electron chi connectivity index (χ0n) is 13.1. The number of pyridine rings is 1. The minimum atomic E-state index is -0.873. The zero-order valence-corrected chi connectivity index (χ0v) is 13.1. The highest BCUT2D eigenvalue weighted by molar-refractivity contribution is 5.69. The summed E-state index contributed by atoms with van der Waals surface area (Å²) in [4.78, 5) is 34.3. The Morgan fingerprint density at radius 3 is 2.50 bits per heavy atom. The van der Waals surface area contributed by atoms with E-state index in [1.54, 1.807) is 6.92 Å². The van der Waals surface area contributed by atoms with Crippen LogP contribution in [0.15, 0.2) is 35.1 Å². The number of rotatable bonds is 5. The Labute approximate surface area is 136 Å². The molecule has 126 valence electrons. The van der Waals surface area contributed by atoms with Crippen molar-refractivity contribution in [2.45, 2.75) is 19.9 Å². The van der Waals surface area contributed by atoms with Gasteiger partial charge in [0.1, 0.15) is 12.4 Å². The Kier molecular flexibility index (Phi) is 5.08. The van der Waals surface area contributed by atoms with E-state index in [-0.39, 0.29) is 12.0 Å². The summed E-state index contributed by atoms with van der Waals surface area (Å²) in [6.45, 7) is 1.17. The van der Waals surface area contributed by atoms with Crippen LogP contribution in [0.2, 0.25) is 0 Å². The Balaban J connectivity index is 2.52. The van der Waals surface area contributed by atoms with Gasteiger partial charge in [-0.25, -0.2) is 4.39 Å². The van der Waals surface area contributed by atoms with Gasteiger partial charge in [-0.1, -0.05) is 12.1 Å². The van der Waals surface area contributed by atoms with Crippen molar-refractivity contribution in [1.82, 2.24) is 4.57 Å². The molecule has 0 radical (unpaired) electrons. The predicted molar refractivity (Wildman–Crippen MR) is 83.3 cm³/mol. The lowest BCUT2D eigenvalue weighted by Crippen LogP contribution is -2.29. The molecule has 0 bridgehead atoms. The lowest BCUT2D eigenvalue weighted by atomic mass is 10.0. The van der Waals surface area contributed by atoms with E-state index in [9.17, 15) is 24.1 Å². The second-order valence-corrected chi connectivity index (χ2v) is 5.19. The van der Waals surface area contributed by atoms with E-state index < -0.39 is 34.5 Å². The minimum absolute atomic E-state index is 0.103. The summed E-state index contributed by atoms with van der Waals surface area (Å²) in [7, 11) is 1.17. The third kappa shape index (κ3) is 3.65. The SMILES string of the molecule is COC(=O)Cn1c(C)cc(Cc2ccc(F)cc2)c([N+](=O)[O-])c1=O. The number of hydrogen-bond donors (Lipinski definition) is 0. The molecule has 0 saturated heterocycles. The van der Waals surface area contributed by atoms with Gasteiger partial charge < -0.3 is 4.74 Å². The van der Waals surface area contributed by atoms with Crippen molar-refractivity contribution in [3.05, 3.63) is 73.4 Å². The lowest BCUT2D eigenvalue weighted by molar-refractivity contribution is -0.387. The van der Waals surface area contributed by atoms with Crippen molar-refractivity contribution < 1.29 is 18.8 Å². The molecule has 7 nitrogen and oxygen atoms in total. The number of aromatic nitrogens is 1. The Morgan fingerprint density at radius 1 is 1.33 bits per heavy atom. The molecule has 24 heavy (non-hydrogen) atoms. The fourth-order valence-electron chi connectivity index (χ4n) is 2.37. The zero-order chi connectivity index (χ0) is 17.9. The largest absolute Gasteiger partial charge is 0.468 e. The summed E-state index contributed by atoms with van der Waals surface area (Å²) < 4.78 is 18.5. The minimum Gasteiger partial charge on any atom is -0.468 e. The van der Waals surface area contributed by atoms with Gasteiger partial charge in [-0.3, -0.25) is 24.3 Å². The highest BCUT2D eigenvalue weighted by atomic mass is 19.1. The van der Waals surface area contributed by atoms with Crippen LogP contribution >= 0.6 is 0 Å².